The van der Waals surface area contributed by atoms with Crippen LogP contribution in [0.5, 0.6) is 0 Å². The fourth-order valence-electron chi connectivity index (χ4n) is 4.10. The largest absolute Gasteiger partial charge is 0.465 e. The Labute approximate surface area is 185 Å². The molecule has 0 bridgehead atoms. The number of amidine groups is 1. The van der Waals surface area contributed by atoms with Crippen LogP contribution < -0.4 is 15.6 Å². The monoisotopic (exact) mass is 434 g/mol. The smallest absolute Gasteiger partial charge is 0.439 e. The summed E-state index contributed by atoms with van der Waals surface area (Å²) in [4.78, 5) is 20.1. The maximum Gasteiger partial charge on any atom is 0.439 e. The van der Waals surface area contributed by atoms with Crippen molar-refractivity contribution in [3.63, 3.8) is 0 Å². The number of carbonyl (C=O) groups excluding carboxylic acids is 1. The van der Waals surface area contributed by atoms with Gasteiger partial charge in [-0.25, -0.2) is 20.1 Å². The fraction of sp³-hybridized carbons (Fsp3) is 0.292. The van der Waals surface area contributed by atoms with E-state index in [4.69, 9.17) is 9.72 Å². The summed E-state index contributed by atoms with van der Waals surface area (Å²) < 4.78 is 7.23. The van der Waals surface area contributed by atoms with E-state index in [1.54, 1.807) is 7.05 Å². The second-order valence-electron chi connectivity index (χ2n) is 7.63. The molecule has 0 saturated heterocycles. The summed E-state index contributed by atoms with van der Waals surface area (Å²) in [5.41, 5.74) is 3.17. The van der Waals surface area contributed by atoms with Gasteiger partial charge in [0.05, 0.1) is 37.3 Å². The van der Waals surface area contributed by atoms with Gasteiger partial charge in [0.25, 0.3) is 0 Å². The van der Waals surface area contributed by atoms with Crippen LogP contribution in [-0.4, -0.2) is 60.4 Å². The third-order valence-electron chi connectivity index (χ3n) is 5.71. The summed E-state index contributed by atoms with van der Waals surface area (Å²) >= 11 is 0. The van der Waals surface area contributed by atoms with Crippen LogP contribution >= 0.6 is 0 Å². The van der Waals surface area contributed by atoms with Crippen LogP contribution in [-0.2, 0) is 11.3 Å². The van der Waals surface area contributed by atoms with Crippen LogP contribution in [0, 0.1) is 6.92 Å². The Morgan fingerprint density at radius 1 is 1.16 bits per heavy atom. The molecule has 4 rings (SSSR count). The number of methoxy groups -OCH3 is 1. The summed E-state index contributed by atoms with van der Waals surface area (Å²) in [5, 5.41) is 19.4. The van der Waals surface area contributed by atoms with Gasteiger partial charge in [-0.05, 0) is 24.6 Å². The molecule has 2 aromatic carbocycles. The third kappa shape index (κ3) is 3.97. The summed E-state index contributed by atoms with van der Waals surface area (Å²) in [5.74, 6) is -0.378. The van der Waals surface area contributed by atoms with Gasteiger partial charge in [-0.3, -0.25) is 0 Å². The highest BCUT2D eigenvalue weighted by Gasteiger charge is 2.22. The van der Waals surface area contributed by atoms with E-state index in [9.17, 15) is 9.90 Å². The number of esters is 1. The number of aromatic nitrogens is 2. The van der Waals surface area contributed by atoms with Crippen molar-refractivity contribution in [2.24, 2.45) is 0 Å². The lowest BCUT2D eigenvalue weighted by Gasteiger charge is -2.14. The number of ether oxygens (including phenoxy) is 1. The first-order valence-electron chi connectivity index (χ1n) is 10.6. The number of benzene rings is 2. The number of hydrogen-bond donors (Lipinski definition) is 4. The highest BCUT2D eigenvalue weighted by molar-refractivity contribution is 6.23. The topological polar surface area (TPSA) is 102 Å². The van der Waals surface area contributed by atoms with E-state index in [1.807, 2.05) is 36.5 Å². The van der Waals surface area contributed by atoms with E-state index in [-0.39, 0.29) is 12.0 Å². The van der Waals surface area contributed by atoms with Crippen LogP contribution in [0.25, 0.3) is 32.6 Å². The zero-order valence-corrected chi connectivity index (χ0v) is 18.5. The predicted octanol–water partition coefficient (Wildman–Crippen LogP) is 1.24. The van der Waals surface area contributed by atoms with E-state index in [1.165, 1.54) is 7.11 Å². The molecule has 0 atom stereocenters. The number of nitrogens with one attached hydrogen (secondary N) is 3. The van der Waals surface area contributed by atoms with Gasteiger partial charge in [-0.15, -0.1) is 0 Å². The molecular weight excluding hydrogens is 406 g/mol. The molecule has 4 N–H and O–H groups in total. The van der Waals surface area contributed by atoms with Crippen molar-refractivity contribution in [1.82, 2.24) is 20.2 Å². The molecule has 0 amide bonds. The van der Waals surface area contributed by atoms with Crippen LogP contribution in [0.3, 0.4) is 0 Å². The zero-order chi connectivity index (χ0) is 22.7. The van der Waals surface area contributed by atoms with Gasteiger partial charge in [-0.1, -0.05) is 18.2 Å². The minimum atomic E-state index is -0.378. The molecule has 0 aliphatic carbocycles. The molecule has 2 aromatic heterocycles. The number of fused-ring (bicyclic) bond motifs is 4. The summed E-state index contributed by atoms with van der Waals surface area (Å²) in [6, 6.07) is 9.99. The molecule has 0 aliphatic rings. The highest BCUT2D eigenvalue weighted by atomic mass is 16.5. The van der Waals surface area contributed by atoms with Gasteiger partial charge in [0.15, 0.2) is 0 Å². The van der Waals surface area contributed by atoms with Gasteiger partial charge < -0.3 is 19.7 Å². The maximum atomic E-state index is 12.7. The van der Waals surface area contributed by atoms with E-state index in [2.05, 4.69) is 33.3 Å². The number of nitrogens with zero attached hydrogens (tertiary/aromatic N) is 2. The van der Waals surface area contributed by atoms with E-state index < -0.39 is 0 Å². The molecule has 8 heteroatoms. The molecule has 0 fully saturated rings. The summed E-state index contributed by atoms with van der Waals surface area (Å²) in [6.45, 7) is 4.95. The van der Waals surface area contributed by atoms with E-state index in [0.717, 1.165) is 52.3 Å². The second kappa shape index (κ2) is 9.23. The zero-order valence-electron chi connectivity index (χ0n) is 18.5. The Hall–Kier alpha value is -3.65. The number of pyridine rings is 1. The van der Waals surface area contributed by atoms with E-state index >= 15 is 0 Å². The molecule has 4 aromatic rings. The van der Waals surface area contributed by atoms with Crippen molar-refractivity contribution in [2.75, 3.05) is 33.8 Å². The van der Waals surface area contributed by atoms with Crippen molar-refractivity contribution in [1.29, 1.82) is 0 Å². The van der Waals surface area contributed by atoms with Crippen molar-refractivity contribution < 1.29 is 19.6 Å². The lowest BCUT2D eigenvalue weighted by atomic mass is 9.96. The van der Waals surface area contributed by atoms with Crippen LogP contribution in [0.15, 0.2) is 42.7 Å². The number of aryl methyl sites for hydroxylation is 1. The molecule has 8 nitrogen and oxygen atoms in total. The Kier molecular flexibility index (Phi) is 6.23. The SMILES string of the molecule is C[NH+]=C(O)NCCNCCn1ccc2c(C(=O)OC)c3nc4ccccc4c3c(C)c2c1. The van der Waals surface area contributed by atoms with Gasteiger partial charge in [0.1, 0.15) is 0 Å². The van der Waals surface area contributed by atoms with Crippen LogP contribution in [0.2, 0.25) is 0 Å². The quantitative estimate of drug-likeness (QED) is 0.151. The fourth-order valence-corrected chi connectivity index (χ4v) is 4.10. The number of aliphatic hydroxyl groups is 1. The summed E-state index contributed by atoms with van der Waals surface area (Å²) in [7, 11) is 3.06. The molecule has 166 valence electrons. The normalized spacial score (nSPS) is 12.0. The van der Waals surface area contributed by atoms with Crippen molar-refractivity contribution >= 4 is 44.6 Å². The molecule has 0 unspecified atom stereocenters. The molecule has 0 saturated carbocycles. The van der Waals surface area contributed by atoms with Gasteiger partial charge in [-0.2, -0.15) is 0 Å². The Morgan fingerprint density at radius 3 is 2.75 bits per heavy atom. The lowest BCUT2D eigenvalue weighted by molar-refractivity contribution is -0.433. The molecule has 2 heterocycles. The van der Waals surface area contributed by atoms with Crippen molar-refractivity contribution in [3.05, 3.63) is 53.9 Å². The minimum Gasteiger partial charge on any atom is -0.465 e. The second-order valence-corrected chi connectivity index (χ2v) is 7.63. The number of aliphatic hydroxyl groups excluding tert-OH is 1. The molecule has 0 radical (unpaired) electrons. The Bertz CT molecular complexity index is 1330. The molecular formula is C24H28N5O3+. The average molecular weight is 435 g/mol. The molecule has 0 spiro atoms. The molecule has 0 aliphatic heterocycles. The highest BCUT2D eigenvalue weighted by Crippen LogP contribution is 2.37. The van der Waals surface area contributed by atoms with Crippen LogP contribution in [0.1, 0.15) is 15.9 Å². The maximum absolute atomic E-state index is 12.7. The first-order chi connectivity index (χ1) is 15.5. The average Bonchev–Trinajstić information content (AvgIpc) is 3.20. The van der Waals surface area contributed by atoms with Gasteiger partial charge >= 0.3 is 12.0 Å². The Morgan fingerprint density at radius 2 is 1.97 bits per heavy atom. The number of hydrogen-bond acceptors (Lipinski definition) is 4. The summed E-state index contributed by atoms with van der Waals surface area (Å²) in [6.07, 6.45) is 4.06. The first kappa shape index (κ1) is 21.6. The van der Waals surface area contributed by atoms with Crippen molar-refractivity contribution in [3.8, 4) is 0 Å². The predicted molar refractivity (Wildman–Crippen MR) is 126 cm³/mol. The third-order valence-corrected chi connectivity index (χ3v) is 5.71. The Balaban J connectivity index is 1.68. The standard InChI is InChI=1S/C24H27N5O3/c1-15-18-14-29(13-11-26-9-10-27-24(31)25-2)12-8-16(18)21(23(30)32-3)22-20(15)17-6-4-5-7-19(17)28-22/h4-8,12,14,26H,9-11,13H2,1-3H3,(H2,25,27,31)/p+1. The van der Waals surface area contributed by atoms with Gasteiger partial charge in [0, 0.05) is 53.6 Å². The number of para-hydroxylation sites is 1. The van der Waals surface area contributed by atoms with Crippen molar-refractivity contribution in [2.45, 2.75) is 13.5 Å². The van der Waals surface area contributed by atoms with Crippen LogP contribution in [0.4, 0.5) is 0 Å². The number of carbonyl (C=O) groups is 1. The lowest BCUT2D eigenvalue weighted by Crippen LogP contribution is -2.72. The van der Waals surface area contributed by atoms with E-state index in [0.29, 0.717) is 17.6 Å². The molecule has 32 heavy (non-hydrogen) atoms. The number of rotatable bonds is 7. The minimum absolute atomic E-state index is 0.0634. The van der Waals surface area contributed by atoms with Gasteiger partial charge in [0.2, 0.25) is 0 Å². The first-order valence-corrected chi connectivity index (χ1v) is 10.6.